The molecule has 7 N–H and O–H groups in total. The number of hydrogen-bond donors (Lipinski definition) is 7. The smallest absolute Gasteiger partial charge is 0.408 e. The lowest BCUT2D eigenvalue weighted by atomic mass is 9.91. The van der Waals surface area contributed by atoms with Gasteiger partial charge in [0.15, 0.2) is 6.29 Å². The number of carbonyl (C=O) groups excluding carboxylic acids is 5. The lowest BCUT2D eigenvalue weighted by Gasteiger charge is -2.30. The van der Waals surface area contributed by atoms with E-state index in [9.17, 15) is 34.2 Å². The Morgan fingerprint density at radius 2 is 1.47 bits per heavy atom. The molecule has 53 heavy (non-hydrogen) atoms. The molecule has 1 aromatic rings. The first-order valence-corrected chi connectivity index (χ1v) is 18.8. The van der Waals surface area contributed by atoms with Gasteiger partial charge >= 0.3 is 6.09 Å². The van der Waals surface area contributed by atoms with Crippen molar-refractivity contribution in [2.24, 2.45) is 29.6 Å². The topological polar surface area (TPSA) is 214 Å². The van der Waals surface area contributed by atoms with Crippen LogP contribution in [0.3, 0.4) is 0 Å². The molecule has 15 nitrogen and oxygen atoms in total. The Labute approximate surface area is 313 Å². The maximum Gasteiger partial charge on any atom is 0.408 e. The summed E-state index contributed by atoms with van der Waals surface area (Å²) in [5.74, 6) is -3.35. The predicted molar refractivity (Wildman–Crippen MR) is 196 cm³/mol. The summed E-state index contributed by atoms with van der Waals surface area (Å²) in [6, 6.07) is 5.60. The van der Waals surface area contributed by atoms with E-state index in [1.165, 1.54) is 0 Å². The molecular formula is C38H61N5O10. The minimum Gasteiger partial charge on any atom is -0.443 e. The summed E-state index contributed by atoms with van der Waals surface area (Å²) < 4.78 is 16.6. The summed E-state index contributed by atoms with van der Waals surface area (Å²) in [6.45, 7) is 13.2. The van der Waals surface area contributed by atoms with Gasteiger partial charge in [0.05, 0.1) is 31.3 Å². The normalized spacial score (nSPS) is 21.5. The van der Waals surface area contributed by atoms with Crippen molar-refractivity contribution in [3.8, 4) is 0 Å². The third-order valence-corrected chi connectivity index (χ3v) is 9.63. The van der Waals surface area contributed by atoms with Crippen molar-refractivity contribution in [2.45, 2.75) is 123 Å². The molecule has 0 spiro atoms. The molecule has 298 valence electrons. The van der Waals surface area contributed by atoms with Crippen molar-refractivity contribution >= 4 is 29.7 Å². The van der Waals surface area contributed by atoms with Crippen LogP contribution >= 0.6 is 0 Å². The third kappa shape index (κ3) is 13.5. The second-order valence-electron chi connectivity index (χ2n) is 15.3. The molecule has 2 aliphatic rings. The SMILES string of the molecule is CC(C)C[C@H](NC(=O)[C@H](CCO)NC(=O)[C@@H](NC(=O)O[C@H]1CO[C@H]2OCCC21)C(C)C)[C@@H](O)C[C@@H](C)C(=O)N[C@H](C(=O)NCc1ccccc1)C(C)C. The van der Waals surface area contributed by atoms with Crippen molar-refractivity contribution in [2.75, 3.05) is 19.8 Å². The Hall–Kier alpha value is -3.79. The van der Waals surface area contributed by atoms with E-state index in [-0.39, 0.29) is 49.0 Å². The number of aliphatic hydroxyl groups is 2. The Balaban J connectivity index is 1.59. The Kier molecular flexibility index (Phi) is 17.4. The van der Waals surface area contributed by atoms with E-state index in [0.717, 1.165) is 5.56 Å². The summed E-state index contributed by atoms with van der Waals surface area (Å²) in [5, 5.41) is 34.9. The monoisotopic (exact) mass is 747 g/mol. The van der Waals surface area contributed by atoms with E-state index in [2.05, 4.69) is 26.6 Å². The van der Waals surface area contributed by atoms with Crippen LogP contribution in [0.2, 0.25) is 0 Å². The maximum atomic E-state index is 13.6. The number of amides is 5. The number of aliphatic hydroxyl groups excluding tert-OH is 2. The molecule has 3 rings (SSSR count). The molecule has 2 aliphatic heterocycles. The van der Waals surface area contributed by atoms with Gasteiger partial charge in [-0.05, 0) is 49.0 Å². The van der Waals surface area contributed by atoms with E-state index in [1.807, 2.05) is 58.0 Å². The zero-order valence-corrected chi connectivity index (χ0v) is 32.1. The molecule has 0 saturated carbocycles. The Morgan fingerprint density at radius 1 is 0.811 bits per heavy atom. The first-order chi connectivity index (χ1) is 25.1. The molecule has 0 radical (unpaired) electrons. The number of carbonyl (C=O) groups is 5. The fraction of sp³-hybridized carbons (Fsp3) is 0.711. The highest BCUT2D eigenvalue weighted by Gasteiger charge is 2.44. The summed E-state index contributed by atoms with van der Waals surface area (Å²) in [7, 11) is 0. The average Bonchev–Trinajstić information content (AvgIpc) is 3.73. The van der Waals surface area contributed by atoms with Crippen molar-refractivity contribution in [3.63, 3.8) is 0 Å². The van der Waals surface area contributed by atoms with Gasteiger partial charge < -0.3 is 51.0 Å². The molecule has 9 atom stereocenters. The largest absolute Gasteiger partial charge is 0.443 e. The van der Waals surface area contributed by atoms with Gasteiger partial charge in [0.2, 0.25) is 23.6 Å². The van der Waals surface area contributed by atoms with Crippen LogP contribution < -0.4 is 26.6 Å². The number of alkyl carbamates (subject to hydrolysis) is 1. The zero-order valence-electron chi connectivity index (χ0n) is 32.1. The van der Waals surface area contributed by atoms with Crippen LogP contribution in [0, 0.1) is 29.6 Å². The molecule has 1 unspecified atom stereocenters. The van der Waals surface area contributed by atoms with Crippen molar-refractivity contribution < 1.29 is 48.4 Å². The summed E-state index contributed by atoms with van der Waals surface area (Å²) in [5.41, 5.74) is 0.926. The van der Waals surface area contributed by atoms with Gasteiger partial charge in [0.1, 0.15) is 24.2 Å². The van der Waals surface area contributed by atoms with Gasteiger partial charge in [0.25, 0.3) is 0 Å². The fourth-order valence-electron chi connectivity index (χ4n) is 6.50. The average molecular weight is 748 g/mol. The molecule has 0 bridgehead atoms. The number of ether oxygens (including phenoxy) is 3. The van der Waals surface area contributed by atoms with Crippen molar-refractivity contribution in [3.05, 3.63) is 35.9 Å². The number of benzene rings is 1. The second-order valence-corrected chi connectivity index (χ2v) is 15.3. The van der Waals surface area contributed by atoms with Gasteiger partial charge in [0, 0.05) is 19.1 Å². The van der Waals surface area contributed by atoms with Crippen molar-refractivity contribution in [1.82, 2.24) is 26.6 Å². The van der Waals surface area contributed by atoms with Gasteiger partial charge in [-0.3, -0.25) is 19.2 Å². The molecule has 1 aromatic carbocycles. The quantitative estimate of drug-likeness (QED) is 0.103. The molecular weight excluding hydrogens is 686 g/mol. The lowest BCUT2D eigenvalue weighted by Crippen LogP contribution is -2.58. The van der Waals surface area contributed by atoms with Crippen LogP contribution in [0.1, 0.15) is 79.7 Å². The van der Waals surface area contributed by atoms with E-state index in [1.54, 1.807) is 20.8 Å². The lowest BCUT2D eigenvalue weighted by molar-refractivity contribution is -0.133. The molecule has 5 amide bonds. The van der Waals surface area contributed by atoms with E-state index in [4.69, 9.17) is 14.2 Å². The molecule has 2 fully saturated rings. The first-order valence-electron chi connectivity index (χ1n) is 18.8. The van der Waals surface area contributed by atoms with Crippen LogP contribution in [0.15, 0.2) is 30.3 Å². The number of hydrogen-bond acceptors (Lipinski definition) is 10. The van der Waals surface area contributed by atoms with E-state index in [0.29, 0.717) is 26.0 Å². The molecule has 0 aliphatic carbocycles. The van der Waals surface area contributed by atoms with Crippen LogP contribution in [0.25, 0.3) is 0 Å². The van der Waals surface area contributed by atoms with E-state index < -0.39 is 79.0 Å². The number of nitrogens with one attached hydrogen (secondary N) is 5. The molecule has 2 saturated heterocycles. The van der Waals surface area contributed by atoms with Crippen molar-refractivity contribution in [1.29, 1.82) is 0 Å². The van der Waals surface area contributed by atoms with E-state index >= 15 is 0 Å². The summed E-state index contributed by atoms with van der Waals surface area (Å²) in [4.78, 5) is 66.1. The molecule has 2 heterocycles. The number of fused-ring (bicyclic) bond motifs is 1. The first kappa shape index (κ1) is 43.6. The maximum absolute atomic E-state index is 13.6. The summed E-state index contributed by atoms with van der Waals surface area (Å²) >= 11 is 0. The molecule has 15 heteroatoms. The standard InChI is InChI=1S/C38H61N5O10/c1-21(2)17-28(29(45)18-24(7)33(46)42-31(22(3)4)35(48)39-19-25-11-9-8-10-12-25)41-34(47)27(13-15-44)40-36(49)32(23(5)6)43-38(50)53-30-20-52-37-26(30)14-16-51-37/h8-12,21-24,26-32,37,44-45H,13-20H2,1-7H3,(H,39,48)(H,40,49)(H,41,47)(H,42,46)(H,43,50)/t24-,26?,27+,28+,29+,30+,31+,32+,37-/m1/s1. The Morgan fingerprint density at radius 3 is 2.09 bits per heavy atom. The minimum absolute atomic E-state index is 0.0157. The van der Waals surface area contributed by atoms with Gasteiger partial charge in [-0.25, -0.2) is 4.79 Å². The number of rotatable bonds is 20. The minimum atomic E-state index is -1.19. The van der Waals surface area contributed by atoms with Gasteiger partial charge in [-0.1, -0.05) is 78.8 Å². The van der Waals surface area contributed by atoms with Gasteiger partial charge in [-0.15, -0.1) is 0 Å². The fourth-order valence-corrected chi connectivity index (χ4v) is 6.50. The third-order valence-electron chi connectivity index (χ3n) is 9.63. The van der Waals surface area contributed by atoms with Gasteiger partial charge in [-0.2, -0.15) is 0 Å². The molecule has 0 aromatic heterocycles. The summed E-state index contributed by atoms with van der Waals surface area (Å²) in [6.07, 6.45) is -1.95. The van der Waals surface area contributed by atoms with Crippen LogP contribution in [-0.4, -0.2) is 102 Å². The highest BCUT2D eigenvalue weighted by Crippen LogP contribution is 2.33. The highest BCUT2D eigenvalue weighted by atomic mass is 16.7. The van der Waals surface area contributed by atoms with Crippen LogP contribution in [0.5, 0.6) is 0 Å². The van der Waals surface area contributed by atoms with Crippen LogP contribution in [0.4, 0.5) is 4.79 Å². The zero-order chi connectivity index (χ0) is 39.2. The second kappa shape index (κ2) is 21.2. The Bertz CT molecular complexity index is 1350. The van der Waals surface area contributed by atoms with Crippen LogP contribution in [-0.2, 0) is 39.9 Å². The predicted octanol–water partition coefficient (Wildman–Crippen LogP) is 1.74. The highest BCUT2D eigenvalue weighted by molar-refractivity contribution is 5.91.